The number of hydrogen-bond donors (Lipinski definition) is 1. The van der Waals surface area contributed by atoms with Gasteiger partial charge in [-0.2, -0.15) is 0 Å². The Labute approximate surface area is 366 Å². The maximum atomic E-state index is 6.57. The molecule has 63 heavy (non-hydrogen) atoms. The molecule has 0 radical (unpaired) electrons. The molecule has 3 aliphatic heterocycles. The van der Waals surface area contributed by atoms with E-state index in [1.165, 1.54) is 0 Å². The zero-order chi connectivity index (χ0) is 42.2. The number of ether oxygens (including phenoxy) is 5. The van der Waals surface area contributed by atoms with Crippen molar-refractivity contribution in [3.05, 3.63) is 162 Å². The van der Waals surface area contributed by atoms with Crippen molar-refractivity contribution in [2.45, 2.75) is 6.54 Å². The van der Waals surface area contributed by atoms with Crippen LogP contribution in [-0.2, 0) is 25.5 Å². The SMILES string of the molecule is C1=Cc2nc1c(-c1ccccc1)c1ccc([nH]1)c(-c1ccccc1)c1nc(c3c4ccc(c2-c2ccccc2)n4CCOCCOCCOCCOCCOc2ccccc2-3)C=C1. The minimum atomic E-state index is 0.368. The number of fused-ring (bicyclic) bond motifs is 9. The Morgan fingerprint density at radius 1 is 0.381 bits per heavy atom. The van der Waals surface area contributed by atoms with Gasteiger partial charge in [0.1, 0.15) is 12.4 Å². The lowest BCUT2D eigenvalue weighted by Crippen LogP contribution is -2.15. The fourth-order valence-corrected chi connectivity index (χ4v) is 8.57. The van der Waals surface area contributed by atoms with E-state index in [2.05, 4.69) is 149 Å². The number of nitrogens with zero attached hydrogens (tertiary/aromatic N) is 3. The Kier molecular flexibility index (Phi) is 12.1. The van der Waals surface area contributed by atoms with Crippen molar-refractivity contribution in [1.82, 2.24) is 19.5 Å². The van der Waals surface area contributed by atoms with Gasteiger partial charge >= 0.3 is 0 Å². The molecular weight excluding hydrogens is 785 g/mol. The van der Waals surface area contributed by atoms with Crippen molar-refractivity contribution in [3.8, 4) is 50.3 Å². The summed E-state index contributed by atoms with van der Waals surface area (Å²) in [6.45, 7) is 4.65. The molecule has 314 valence electrons. The van der Waals surface area contributed by atoms with Crippen molar-refractivity contribution in [2.24, 2.45) is 0 Å². The molecule has 9 nitrogen and oxygen atoms in total. The van der Waals surface area contributed by atoms with Crippen LogP contribution >= 0.6 is 0 Å². The van der Waals surface area contributed by atoms with Crippen molar-refractivity contribution in [1.29, 1.82) is 0 Å². The van der Waals surface area contributed by atoms with Gasteiger partial charge < -0.3 is 33.2 Å². The summed E-state index contributed by atoms with van der Waals surface area (Å²) < 4.78 is 32.7. The molecule has 9 heteroatoms. The summed E-state index contributed by atoms with van der Waals surface area (Å²) in [5.41, 5.74) is 15.3. The van der Waals surface area contributed by atoms with E-state index in [1.54, 1.807) is 0 Å². The Morgan fingerprint density at radius 2 is 0.794 bits per heavy atom. The van der Waals surface area contributed by atoms with Gasteiger partial charge in [0, 0.05) is 45.4 Å². The third-order valence-corrected chi connectivity index (χ3v) is 11.4. The standard InChI is InChI=1S/C54H48N4O5/c1-4-12-38(13-5-1)51-42-20-21-43(55-42)52(39-14-6-2-7-15-39)45-23-25-47(57-45)54-41-18-10-11-19-50(41)63-37-36-62-35-34-61-33-32-60-31-30-59-29-28-58-48(26-27-49(54)58)53(40-16-8-3-9-17-40)46-24-22-44(51)56-46/h1-27,55H,28-37H2. The Balaban J connectivity index is 1.33. The number of H-pyrrole nitrogens is 1. The molecule has 0 atom stereocenters. The minimum Gasteiger partial charge on any atom is -0.491 e. The second kappa shape index (κ2) is 19.0. The number of benzene rings is 4. The highest BCUT2D eigenvalue weighted by Crippen LogP contribution is 2.41. The first kappa shape index (κ1) is 40.2. The third kappa shape index (κ3) is 8.65. The van der Waals surface area contributed by atoms with E-state index >= 15 is 0 Å². The molecule has 10 rings (SSSR count). The van der Waals surface area contributed by atoms with Crippen LogP contribution in [0.15, 0.2) is 140 Å². The van der Waals surface area contributed by atoms with Crippen LogP contribution in [0.5, 0.6) is 5.75 Å². The van der Waals surface area contributed by atoms with Gasteiger partial charge in [0.2, 0.25) is 0 Å². The van der Waals surface area contributed by atoms with E-state index < -0.39 is 0 Å². The van der Waals surface area contributed by atoms with Crippen molar-refractivity contribution in [3.63, 3.8) is 0 Å². The molecule has 0 amide bonds. The minimum absolute atomic E-state index is 0.368. The molecule has 0 fully saturated rings. The van der Waals surface area contributed by atoms with Gasteiger partial charge in [-0.3, -0.25) is 0 Å². The fraction of sp³-hybridized carbons (Fsp3) is 0.185. The van der Waals surface area contributed by atoms with E-state index in [-0.39, 0.29) is 0 Å². The van der Waals surface area contributed by atoms with E-state index in [0.29, 0.717) is 66.0 Å². The van der Waals surface area contributed by atoms with Crippen LogP contribution in [0.4, 0.5) is 0 Å². The molecule has 4 aromatic carbocycles. The fourth-order valence-electron chi connectivity index (χ4n) is 8.57. The summed E-state index contributed by atoms with van der Waals surface area (Å²) in [5, 5.41) is 0. The molecule has 10 bridgehead atoms. The second-order valence-electron chi connectivity index (χ2n) is 15.4. The Morgan fingerprint density at radius 3 is 1.33 bits per heavy atom. The predicted molar refractivity (Wildman–Crippen MR) is 253 cm³/mol. The van der Waals surface area contributed by atoms with Crippen LogP contribution in [0, 0.1) is 0 Å². The van der Waals surface area contributed by atoms with Crippen LogP contribution in [0.25, 0.3) is 90.9 Å². The highest BCUT2D eigenvalue weighted by molar-refractivity contribution is 6.00. The predicted octanol–water partition coefficient (Wildman–Crippen LogP) is 11.3. The average Bonchev–Trinajstić information content (AvgIpc) is 4.17. The Bertz CT molecular complexity index is 2940. The molecule has 0 spiro atoms. The first-order valence-electron chi connectivity index (χ1n) is 21.7. The van der Waals surface area contributed by atoms with Gasteiger partial charge in [-0.1, -0.05) is 109 Å². The summed E-state index contributed by atoms with van der Waals surface area (Å²) >= 11 is 0. The first-order chi connectivity index (χ1) is 31.3. The van der Waals surface area contributed by atoms with E-state index in [0.717, 1.165) is 95.1 Å². The number of rotatable bonds is 3. The average molecular weight is 833 g/mol. The van der Waals surface area contributed by atoms with Gasteiger partial charge in [-0.05, 0) is 71.3 Å². The molecule has 0 saturated carbocycles. The smallest absolute Gasteiger partial charge is 0.127 e. The highest BCUT2D eigenvalue weighted by Gasteiger charge is 2.22. The van der Waals surface area contributed by atoms with E-state index in [9.17, 15) is 0 Å². The molecule has 3 aromatic heterocycles. The molecule has 3 aliphatic rings. The normalized spacial score (nSPS) is 15.0. The molecule has 0 saturated heterocycles. The maximum Gasteiger partial charge on any atom is 0.127 e. The summed E-state index contributed by atoms with van der Waals surface area (Å²) in [6, 6.07) is 48.5. The lowest BCUT2D eigenvalue weighted by Gasteiger charge is -2.16. The number of aromatic nitrogens is 4. The summed E-state index contributed by atoms with van der Waals surface area (Å²) in [5.74, 6) is 0.739. The van der Waals surface area contributed by atoms with Crippen LogP contribution in [-0.4, -0.2) is 79.0 Å². The highest BCUT2D eigenvalue weighted by atomic mass is 16.6. The first-order valence-corrected chi connectivity index (χ1v) is 21.7. The molecule has 0 aliphatic carbocycles. The van der Waals surface area contributed by atoms with Gasteiger partial charge in [-0.25, -0.2) is 9.97 Å². The topological polar surface area (TPSA) is 92.7 Å². The molecule has 1 N–H and O–H groups in total. The summed E-state index contributed by atoms with van der Waals surface area (Å²) in [7, 11) is 0. The van der Waals surface area contributed by atoms with Crippen molar-refractivity contribution in [2.75, 3.05) is 59.5 Å². The lowest BCUT2D eigenvalue weighted by molar-refractivity contribution is -0.00510. The van der Waals surface area contributed by atoms with E-state index in [1.807, 2.05) is 24.3 Å². The van der Waals surface area contributed by atoms with Gasteiger partial charge in [-0.15, -0.1) is 0 Å². The van der Waals surface area contributed by atoms with E-state index in [4.69, 9.17) is 33.7 Å². The zero-order valence-electron chi connectivity index (χ0n) is 35.0. The lowest BCUT2D eigenvalue weighted by atomic mass is 10.0. The molecule has 6 heterocycles. The van der Waals surface area contributed by atoms with Crippen LogP contribution in [0.3, 0.4) is 0 Å². The summed E-state index contributed by atoms with van der Waals surface area (Å²) in [4.78, 5) is 14.9. The molecule has 0 unspecified atom stereocenters. The molecule has 7 aromatic rings. The number of aromatic amines is 1. The van der Waals surface area contributed by atoms with Gasteiger partial charge in [0.25, 0.3) is 0 Å². The van der Waals surface area contributed by atoms with Crippen LogP contribution < -0.4 is 4.74 Å². The Hall–Kier alpha value is -6.88. The quantitative estimate of drug-likeness (QED) is 0.189. The number of nitrogens with one attached hydrogen (secondary N) is 1. The molecular formula is C54H48N4O5. The monoisotopic (exact) mass is 832 g/mol. The third-order valence-electron chi connectivity index (χ3n) is 11.4. The number of para-hydroxylation sites is 1. The number of hydrogen-bond acceptors (Lipinski definition) is 7. The van der Waals surface area contributed by atoms with Gasteiger partial charge in [0.05, 0.1) is 86.7 Å². The zero-order valence-corrected chi connectivity index (χ0v) is 35.0. The second-order valence-corrected chi connectivity index (χ2v) is 15.4. The maximum absolute atomic E-state index is 6.57. The van der Waals surface area contributed by atoms with Crippen LogP contribution in [0.1, 0.15) is 22.8 Å². The van der Waals surface area contributed by atoms with Crippen molar-refractivity contribution >= 4 is 46.4 Å². The van der Waals surface area contributed by atoms with Crippen LogP contribution in [0.2, 0.25) is 0 Å². The largest absolute Gasteiger partial charge is 0.491 e. The van der Waals surface area contributed by atoms with Gasteiger partial charge in [0.15, 0.2) is 0 Å². The summed E-state index contributed by atoms with van der Waals surface area (Å²) in [6.07, 6.45) is 8.55. The van der Waals surface area contributed by atoms with Crippen molar-refractivity contribution < 1.29 is 23.7 Å².